The van der Waals surface area contributed by atoms with Crippen molar-refractivity contribution in [2.45, 2.75) is 34.8 Å². The molecule has 3 heterocycles. The van der Waals surface area contributed by atoms with E-state index in [4.69, 9.17) is 5.73 Å². The fourth-order valence-corrected chi connectivity index (χ4v) is 5.85. The quantitative estimate of drug-likeness (QED) is 0.328. The first-order valence-electron chi connectivity index (χ1n) is 9.30. The number of nitrogens with zero attached hydrogens (tertiary/aromatic N) is 4. The molecule has 0 radical (unpaired) electrons. The lowest BCUT2D eigenvalue weighted by molar-refractivity contribution is -0.150. The van der Waals surface area contributed by atoms with Crippen LogP contribution >= 0.6 is 23.5 Å². The molecule has 4 atom stereocenters. The Morgan fingerprint density at radius 2 is 2.13 bits per heavy atom. The van der Waals surface area contributed by atoms with E-state index in [9.17, 15) is 19.5 Å². The number of carboxylic acid groups (broad SMARTS) is 1. The molecule has 2 amide bonds. The molecule has 0 bridgehead atoms. The lowest BCUT2D eigenvalue weighted by Gasteiger charge is -2.50. The highest BCUT2D eigenvalue weighted by Gasteiger charge is 2.54. The number of nitrogens with one attached hydrogen (secondary N) is 2. The third-order valence-electron chi connectivity index (χ3n) is 5.04. The van der Waals surface area contributed by atoms with Gasteiger partial charge in [0.2, 0.25) is 11.1 Å². The maximum Gasteiger partial charge on any atom is 0.352 e. The summed E-state index contributed by atoms with van der Waals surface area (Å²) in [4.78, 5) is 38.6. The number of benzene rings is 1. The van der Waals surface area contributed by atoms with Gasteiger partial charge in [0.25, 0.3) is 5.91 Å². The van der Waals surface area contributed by atoms with Gasteiger partial charge in [-0.25, -0.2) is 4.79 Å². The third kappa shape index (κ3) is 4.03. The minimum absolute atomic E-state index is 0.0601. The monoisotopic (exact) mass is 461 g/mol. The van der Waals surface area contributed by atoms with Gasteiger partial charge in [-0.3, -0.25) is 14.5 Å². The molecule has 2 aromatic rings. The predicted molar refractivity (Wildman–Crippen MR) is 113 cm³/mol. The van der Waals surface area contributed by atoms with E-state index in [2.05, 4.69) is 25.9 Å². The molecule has 2 aliphatic rings. The molecule has 0 spiro atoms. The normalized spacial score (nSPS) is 22.4. The van der Waals surface area contributed by atoms with Crippen LogP contribution < -0.4 is 11.1 Å². The summed E-state index contributed by atoms with van der Waals surface area (Å²) in [5.74, 6) is -1.77. The molecule has 162 valence electrons. The van der Waals surface area contributed by atoms with Crippen molar-refractivity contribution in [1.82, 2.24) is 30.8 Å². The lowest BCUT2D eigenvalue weighted by atomic mass is 10.0. The van der Waals surface area contributed by atoms with Gasteiger partial charge in [-0.05, 0) is 23.3 Å². The fourth-order valence-electron chi connectivity index (χ4n) is 3.44. The second kappa shape index (κ2) is 8.69. The predicted octanol–water partition coefficient (Wildman–Crippen LogP) is 0.119. The van der Waals surface area contributed by atoms with Crippen molar-refractivity contribution in [2.75, 3.05) is 5.75 Å². The maximum atomic E-state index is 12.8. The molecule has 5 N–H and O–H groups in total. The molecular weight excluding hydrogens is 442 g/mol. The Balaban J connectivity index is 1.49. The Bertz CT molecular complexity index is 1030. The summed E-state index contributed by atoms with van der Waals surface area (Å²) < 4.78 is 0. The summed E-state index contributed by atoms with van der Waals surface area (Å²) >= 11 is 2.64. The molecule has 2 aliphatic heterocycles. The van der Waals surface area contributed by atoms with Crippen LogP contribution in [0.2, 0.25) is 0 Å². The fraction of sp³-hybridized carbons (Fsp3) is 0.333. The number of H-pyrrole nitrogens is 1. The second-order valence-electron chi connectivity index (χ2n) is 6.92. The standard InChI is InChI=1S/C18H19N7O4S2/c1-8(31-18-21-23-24-22-18)10-7-30-16-12(15(27)25(16)13(10)17(28)29)20-14(26)11(19)9-5-3-2-4-6-9/h2-6,8,11-12,16H,7,19H2,1H3,(H,20,26)(H,28,29)(H,21,22,23,24)/t8?,11?,12?,16-/m1/s1. The molecule has 4 rings (SSSR count). The van der Waals surface area contributed by atoms with E-state index in [-0.39, 0.29) is 10.9 Å². The van der Waals surface area contributed by atoms with Crippen molar-refractivity contribution in [3.05, 3.63) is 47.2 Å². The van der Waals surface area contributed by atoms with Gasteiger partial charge in [-0.2, -0.15) is 5.21 Å². The smallest absolute Gasteiger partial charge is 0.352 e. The van der Waals surface area contributed by atoms with Crippen molar-refractivity contribution in [3.8, 4) is 0 Å². The number of carboxylic acids is 1. The number of aromatic nitrogens is 4. The summed E-state index contributed by atoms with van der Waals surface area (Å²) in [6.45, 7) is 1.82. The number of tetrazole rings is 1. The van der Waals surface area contributed by atoms with Crippen LogP contribution in [0.15, 0.2) is 46.8 Å². The van der Waals surface area contributed by atoms with Crippen molar-refractivity contribution >= 4 is 41.3 Å². The number of amides is 2. The maximum absolute atomic E-state index is 12.8. The molecule has 1 aromatic heterocycles. The number of β-lactam (4-membered cyclic amide) rings is 1. The first-order chi connectivity index (χ1) is 14.9. The summed E-state index contributed by atoms with van der Waals surface area (Å²) in [5.41, 5.74) is 7.16. The minimum Gasteiger partial charge on any atom is -0.477 e. The van der Waals surface area contributed by atoms with Crippen molar-refractivity contribution in [2.24, 2.45) is 5.73 Å². The van der Waals surface area contributed by atoms with Gasteiger partial charge in [0, 0.05) is 11.0 Å². The topological polar surface area (TPSA) is 167 Å². The third-order valence-corrected chi connectivity index (χ3v) is 7.36. The van der Waals surface area contributed by atoms with Gasteiger partial charge in [-0.1, -0.05) is 42.1 Å². The van der Waals surface area contributed by atoms with Crippen LogP contribution in [0, 0.1) is 0 Å². The minimum atomic E-state index is -1.19. The molecule has 13 heteroatoms. The van der Waals surface area contributed by atoms with E-state index in [1.165, 1.54) is 28.4 Å². The molecule has 1 fully saturated rings. The Morgan fingerprint density at radius 1 is 1.39 bits per heavy atom. The Labute approximate surface area is 185 Å². The number of carbonyl (C=O) groups is 3. The Morgan fingerprint density at radius 3 is 2.77 bits per heavy atom. The molecular formula is C18H19N7O4S2. The number of nitrogens with two attached hydrogens (primary N) is 1. The van der Waals surface area contributed by atoms with E-state index in [1.54, 1.807) is 24.3 Å². The number of carbonyl (C=O) groups excluding carboxylic acids is 2. The molecule has 3 unspecified atom stereocenters. The average Bonchev–Trinajstić information content (AvgIpc) is 3.29. The number of fused-ring (bicyclic) bond motifs is 1. The summed E-state index contributed by atoms with van der Waals surface area (Å²) in [6.07, 6.45) is 0. The number of thioether (sulfide) groups is 2. The molecule has 31 heavy (non-hydrogen) atoms. The SMILES string of the molecule is CC(Sc1nn[nH]n1)C1=C(C(=O)O)N2C(=O)C(NC(=O)C(N)c3ccccc3)[C@H]2SC1. The number of aliphatic carboxylic acids is 1. The zero-order valence-corrected chi connectivity index (χ0v) is 17.9. The van der Waals surface area contributed by atoms with Crippen molar-refractivity contribution in [1.29, 1.82) is 0 Å². The van der Waals surface area contributed by atoms with Crippen LogP contribution in [0.1, 0.15) is 18.5 Å². The highest BCUT2D eigenvalue weighted by atomic mass is 32.2. The zero-order valence-electron chi connectivity index (χ0n) is 16.3. The van der Waals surface area contributed by atoms with Gasteiger partial charge in [0.05, 0.1) is 0 Å². The van der Waals surface area contributed by atoms with E-state index in [0.29, 0.717) is 22.0 Å². The van der Waals surface area contributed by atoms with Crippen LogP contribution in [-0.2, 0) is 14.4 Å². The average molecular weight is 462 g/mol. The van der Waals surface area contributed by atoms with Crippen LogP contribution in [0.3, 0.4) is 0 Å². The number of rotatable bonds is 7. The van der Waals surface area contributed by atoms with Crippen LogP contribution in [0.5, 0.6) is 0 Å². The largest absolute Gasteiger partial charge is 0.477 e. The lowest BCUT2D eigenvalue weighted by Crippen LogP contribution is -2.71. The number of aromatic amines is 1. The van der Waals surface area contributed by atoms with Gasteiger partial charge >= 0.3 is 5.97 Å². The Kier molecular flexibility index (Phi) is 5.98. The molecule has 11 nitrogen and oxygen atoms in total. The van der Waals surface area contributed by atoms with Gasteiger partial charge < -0.3 is 16.2 Å². The summed E-state index contributed by atoms with van der Waals surface area (Å²) in [5, 5.41) is 25.6. The zero-order chi connectivity index (χ0) is 22.1. The molecule has 0 aliphatic carbocycles. The number of hydrogen-bond donors (Lipinski definition) is 4. The van der Waals surface area contributed by atoms with E-state index >= 15 is 0 Å². The summed E-state index contributed by atoms with van der Waals surface area (Å²) in [6, 6.07) is 7.07. The molecule has 0 saturated carbocycles. The number of hydrogen-bond acceptors (Lipinski definition) is 9. The van der Waals surface area contributed by atoms with E-state index in [0.717, 1.165) is 0 Å². The first-order valence-corrected chi connectivity index (χ1v) is 11.2. The highest BCUT2D eigenvalue weighted by molar-refractivity contribution is 8.01. The van der Waals surface area contributed by atoms with Crippen molar-refractivity contribution < 1.29 is 19.5 Å². The molecule has 1 aromatic carbocycles. The second-order valence-corrected chi connectivity index (χ2v) is 9.33. The van der Waals surface area contributed by atoms with E-state index in [1.807, 2.05) is 13.0 Å². The van der Waals surface area contributed by atoms with Gasteiger partial charge in [-0.15, -0.1) is 22.0 Å². The van der Waals surface area contributed by atoms with Crippen LogP contribution in [0.25, 0.3) is 0 Å². The molecule has 1 saturated heterocycles. The van der Waals surface area contributed by atoms with E-state index < -0.39 is 35.2 Å². The van der Waals surface area contributed by atoms with Gasteiger partial charge in [0.1, 0.15) is 23.2 Å². The summed E-state index contributed by atoms with van der Waals surface area (Å²) in [7, 11) is 0. The Hall–Kier alpha value is -2.90. The van der Waals surface area contributed by atoms with Crippen molar-refractivity contribution in [3.63, 3.8) is 0 Å². The first kappa shape index (κ1) is 21.3. The van der Waals surface area contributed by atoms with Crippen LogP contribution in [-0.4, -0.2) is 70.8 Å². The van der Waals surface area contributed by atoms with Gasteiger partial charge in [0.15, 0.2) is 0 Å². The highest BCUT2D eigenvalue weighted by Crippen LogP contribution is 2.43. The van der Waals surface area contributed by atoms with Crippen LogP contribution in [0.4, 0.5) is 0 Å².